The average molecular weight is 823 g/mol. The lowest BCUT2D eigenvalue weighted by Gasteiger charge is -2.22. The van der Waals surface area contributed by atoms with E-state index in [0.29, 0.717) is 11.5 Å². The zero-order valence-corrected chi connectivity index (χ0v) is 35.6. The quantitative estimate of drug-likeness (QED) is 0.0547. The van der Waals surface area contributed by atoms with Gasteiger partial charge in [-0.15, -0.1) is 70.6 Å². The van der Waals surface area contributed by atoms with Crippen LogP contribution in [0.1, 0.15) is 13.8 Å². The van der Waals surface area contributed by atoms with Gasteiger partial charge in [0.25, 0.3) is 0 Å². The van der Waals surface area contributed by atoms with Crippen LogP contribution in [0.4, 0.5) is 0 Å². The van der Waals surface area contributed by atoms with E-state index in [0.717, 1.165) is 40.9 Å². The molecule has 0 fully saturated rings. The lowest BCUT2D eigenvalue weighted by molar-refractivity contribution is -0.148. The van der Waals surface area contributed by atoms with Gasteiger partial charge in [-0.25, -0.2) is 9.59 Å². The number of hydrogen-bond acceptors (Lipinski definition) is 14. The minimum absolute atomic E-state index is 0.0200. The number of thioether (sulfide) groups is 6. The Morgan fingerprint density at radius 3 is 1.15 bits per heavy atom. The highest BCUT2D eigenvalue weighted by Gasteiger charge is 2.22. The van der Waals surface area contributed by atoms with Gasteiger partial charge >= 0.3 is 11.9 Å². The van der Waals surface area contributed by atoms with Gasteiger partial charge < -0.3 is 28.4 Å². The molecule has 2 unspecified atom stereocenters. The Morgan fingerprint density at radius 2 is 0.865 bits per heavy atom. The third-order valence-corrected chi connectivity index (χ3v) is 11.5. The van der Waals surface area contributed by atoms with Crippen LogP contribution in [0.15, 0.2) is 102 Å². The van der Waals surface area contributed by atoms with Crippen LogP contribution in [0, 0.1) is 0 Å². The fourth-order valence-electron chi connectivity index (χ4n) is 4.35. The SMILES string of the molecule is C=C(C)C(=O)OC(COc1cccc(OCC(COc2c(SC)cc(SC)cc2SC)OC(=O)C(=C)C)c1)COc1c(SC)cc(SC)cc1SC. The van der Waals surface area contributed by atoms with Crippen molar-refractivity contribution in [2.24, 2.45) is 0 Å². The maximum Gasteiger partial charge on any atom is 0.333 e. The average Bonchev–Trinajstić information content (AvgIpc) is 3.15. The predicted octanol–water partition coefficient (Wildman–Crippen LogP) is 9.91. The largest absolute Gasteiger partial charge is 0.489 e. The first-order valence-electron chi connectivity index (χ1n) is 15.9. The van der Waals surface area contributed by atoms with Gasteiger partial charge in [0.2, 0.25) is 0 Å². The summed E-state index contributed by atoms with van der Waals surface area (Å²) < 4.78 is 36.2. The maximum absolute atomic E-state index is 12.6. The highest BCUT2D eigenvalue weighted by atomic mass is 32.2. The van der Waals surface area contributed by atoms with Crippen molar-refractivity contribution in [2.45, 2.75) is 55.4 Å². The number of benzene rings is 3. The van der Waals surface area contributed by atoms with Gasteiger partial charge in [-0.2, -0.15) is 0 Å². The number of carbonyl (C=O) groups excluding carboxylic acids is 2. The second-order valence-corrected chi connectivity index (χ2v) is 16.2. The third-order valence-electron chi connectivity index (χ3n) is 7.09. The van der Waals surface area contributed by atoms with E-state index < -0.39 is 24.1 Å². The molecule has 0 spiro atoms. The van der Waals surface area contributed by atoms with Crippen molar-refractivity contribution in [3.05, 3.63) is 72.8 Å². The zero-order valence-electron chi connectivity index (χ0n) is 30.7. The summed E-state index contributed by atoms with van der Waals surface area (Å²) in [5.41, 5.74) is 0.549. The Morgan fingerprint density at radius 1 is 0.538 bits per heavy atom. The number of esters is 2. The first-order valence-corrected chi connectivity index (χ1v) is 23.3. The molecule has 8 nitrogen and oxygen atoms in total. The van der Waals surface area contributed by atoms with E-state index in [1.165, 1.54) is 0 Å². The lowest BCUT2D eigenvalue weighted by atomic mass is 10.3. The monoisotopic (exact) mass is 822 g/mol. The number of ether oxygens (including phenoxy) is 6. The molecule has 0 saturated carbocycles. The molecule has 52 heavy (non-hydrogen) atoms. The summed E-state index contributed by atoms with van der Waals surface area (Å²) in [5, 5.41) is 0. The van der Waals surface area contributed by atoms with Gasteiger partial charge in [0, 0.05) is 27.0 Å². The minimum Gasteiger partial charge on any atom is -0.489 e. The van der Waals surface area contributed by atoms with E-state index in [1.807, 2.05) is 37.5 Å². The molecular weight excluding hydrogens is 777 g/mol. The molecule has 0 radical (unpaired) electrons. The first kappa shape index (κ1) is 43.8. The van der Waals surface area contributed by atoms with Crippen molar-refractivity contribution in [2.75, 3.05) is 64.0 Å². The Kier molecular flexibility index (Phi) is 19.0. The van der Waals surface area contributed by atoms with Crippen molar-refractivity contribution < 1.29 is 38.0 Å². The molecule has 0 aliphatic carbocycles. The highest BCUT2D eigenvalue weighted by molar-refractivity contribution is 8.00. The van der Waals surface area contributed by atoms with Gasteiger partial charge in [-0.3, -0.25) is 0 Å². The Hall–Kier alpha value is -2.62. The van der Waals surface area contributed by atoms with Gasteiger partial charge in [0.05, 0.1) is 19.6 Å². The fraction of sp³-hybridized carbons (Fsp3) is 0.368. The molecule has 0 bridgehead atoms. The minimum atomic E-state index is -0.733. The summed E-state index contributed by atoms with van der Waals surface area (Å²) in [4.78, 5) is 31.4. The Labute approximate surface area is 333 Å². The maximum atomic E-state index is 12.6. The van der Waals surface area contributed by atoms with E-state index in [1.54, 1.807) is 109 Å². The number of rotatable bonds is 22. The second kappa shape index (κ2) is 22.6. The Bertz CT molecular complexity index is 1530. The number of hydrogen-bond donors (Lipinski definition) is 0. The molecule has 0 amide bonds. The molecule has 0 N–H and O–H groups in total. The van der Waals surface area contributed by atoms with Gasteiger partial charge in [-0.05, 0) is 87.8 Å². The van der Waals surface area contributed by atoms with Crippen LogP contribution in [0.3, 0.4) is 0 Å². The Balaban J connectivity index is 1.73. The van der Waals surface area contributed by atoms with Gasteiger partial charge in [0.1, 0.15) is 49.4 Å². The summed E-state index contributed by atoms with van der Waals surface area (Å²) in [6.07, 6.45) is 10.6. The molecule has 3 aromatic rings. The standard InChI is InChI=1S/C38H46O8S6/c1-23(2)37(39)45-27(21-43-35-31(49-7)15-29(47-5)16-32(35)50-8)19-41-25-12-11-13-26(14-25)42-20-28(46-38(40)24(3)4)22-44-36-33(51-9)17-30(48-6)18-34(36)52-10/h11-18,27-28H,1,3,19-22H2,2,4-10H3. The van der Waals surface area contributed by atoms with Crippen molar-refractivity contribution in [3.8, 4) is 23.0 Å². The van der Waals surface area contributed by atoms with Gasteiger partial charge in [0.15, 0.2) is 12.2 Å². The molecule has 282 valence electrons. The summed E-state index contributed by atoms with van der Waals surface area (Å²) >= 11 is 9.71. The van der Waals surface area contributed by atoms with Crippen LogP contribution in [0.25, 0.3) is 0 Å². The molecule has 0 aliphatic rings. The zero-order chi connectivity index (χ0) is 38.2. The molecule has 3 aromatic carbocycles. The predicted molar refractivity (Wildman–Crippen MR) is 221 cm³/mol. The topological polar surface area (TPSA) is 89.5 Å². The second-order valence-electron chi connectivity index (χ2n) is 11.1. The summed E-state index contributed by atoms with van der Waals surface area (Å²) in [7, 11) is 0. The molecular formula is C38H46O8S6. The van der Waals surface area contributed by atoms with Crippen LogP contribution >= 0.6 is 70.6 Å². The molecule has 0 aliphatic heterocycles. The molecule has 2 atom stereocenters. The van der Waals surface area contributed by atoms with Crippen LogP contribution in [0.2, 0.25) is 0 Å². The molecule has 0 aromatic heterocycles. The molecule has 0 saturated heterocycles. The summed E-state index contributed by atoms with van der Waals surface area (Å²) in [6, 6.07) is 15.4. The van der Waals surface area contributed by atoms with Crippen molar-refractivity contribution >= 4 is 82.5 Å². The fourth-order valence-corrected chi connectivity index (χ4v) is 8.12. The normalized spacial score (nSPS) is 12.0. The van der Waals surface area contributed by atoms with Crippen LogP contribution in [-0.2, 0) is 19.1 Å². The smallest absolute Gasteiger partial charge is 0.333 e. The van der Waals surface area contributed by atoms with Crippen molar-refractivity contribution in [1.82, 2.24) is 0 Å². The highest BCUT2D eigenvalue weighted by Crippen LogP contribution is 2.41. The van der Waals surface area contributed by atoms with Crippen molar-refractivity contribution in [1.29, 1.82) is 0 Å². The lowest BCUT2D eigenvalue weighted by Crippen LogP contribution is -2.32. The summed E-state index contributed by atoms with van der Waals surface area (Å²) in [5.74, 6) is 1.39. The van der Waals surface area contributed by atoms with Crippen LogP contribution in [0.5, 0.6) is 23.0 Å². The molecule has 0 heterocycles. The molecule has 14 heteroatoms. The van der Waals surface area contributed by atoms with E-state index >= 15 is 0 Å². The van der Waals surface area contributed by atoms with Gasteiger partial charge in [-0.1, -0.05) is 19.2 Å². The van der Waals surface area contributed by atoms with E-state index in [9.17, 15) is 9.59 Å². The summed E-state index contributed by atoms with van der Waals surface area (Å²) in [6.45, 7) is 10.8. The van der Waals surface area contributed by atoms with Crippen LogP contribution < -0.4 is 18.9 Å². The first-order chi connectivity index (χ1) is 25.0. The number of carbonyl (C=O) groups is 2. The van der Waals surface area contributed by atoms with Crippen molar-refractivity contribution in [3.63, 3.8) is 0 Å². The molecule has 3 rings (SSSR count). The van der Waals surface area contributed by atoms with E-state index in [-0.39, 0.29) is 37.6 Å². The van der Waals surface area contributed by atoms with Crippen LogP contribution in [-0.4, -0.2) is 88.1 Å². The van der Waals surface area contributed by atoms with E-state index in [4.69, 9.17) is 28.4 Å². The third kappa shape index (κ3) is 13.3. The van der Waals surface area contributed by atoms with E-state index in [2.05, 4.69) is 37.4 Å².